The van der Waals surface area contributed by atoms with Gasteiger partial charge in [-0.15, -0.1) is 0 Å². The van der Waals surface area contributed by atoms with Crippen molar-refractivity contribution in [3.8, 4) is 28.3 Å². The van der Waals surface area contributed by atoms with Gasteiger partial charge in [-0.1, -0.05) is 15.9 Å². The lowest BCUT2D eigenvalue weighted by atomic mass is 10.1. The van der Waals surface area contributed by atoms with Crippen molar-refractivity contribution in [3.63, 3.8) is 0 Å². The molecule has 4 aromatic rings. The van der Waals surface area contributed by atoms with E-state index in [1.54, 1.807) is 4.68 Å². The van der Waals surface area contributed by atoms with Crippen LogP contribution in [0.15, 0.2) is 59.5 Å². The number of hydrogen-bond donors (Lipinski definition) is 0. The van der Waals surface area contributed by atoms with E-state index in [0.29, 0.717) is 23.5 Å². The second-order valence-corrected chi connectivity index (χ2v) is 7.05. The Morgan fingerprint density at radius 3 is 2.77 bits per heavy atom. The van der Waals surface area contributed by atoms with Crippen molar-refractivity contribution in [1.82, 2.24) is 19.3 Å². The summed E-state index contributed by atoms with van der Waals surface area (Å²) >= 11 is 3.51. The molecule has 5 rings (SSSR count). The van der Waals surface area contributed by atoms with Crippen LogP contribution in [0.1, 0.15) is 5.56 Å². The number of nitrogens with zero attached hydrogens (tertiary/aromatic N) is 4. The Hall–Kier alpha value is -2.80. The van der Waals surface area contributed by atoms with Crippen LogP contribution in [0.3, 0.4) is 0 Å². The summed E-state index contributed by atoms with van der Waals surface area (Å²) < 4.78 is 32.2. The predicted octanol–water partition coefficient (Wildman–Crippen LogP) is 4.81. The van der Waals surface area contributed by atoms with Crippen LogP contribution < -0.4 is 0 Å². The molecule has 0 saturated heterocycles. The van der Waals surface area contributed by atoms with Gasteiger partial charge in [-0.3, -0.25) is 0 Å². The zero-order chi connectivity index (χ0) is 17.8. The van der Waals surface area contributed by atoms with Crippen molar-refractivity contribution in [3.05, 3.63) is 76.7 Å². The fourth-order valence-corrected chi connectivity index (χ4v) is 3.77. The minimum absolute atomic E-state index is 0.354. The second kappa shape index (κ2) is 5.60. The molecule has 26 heavy (non-hydrogen) atoms. The van der Waals surface area contributed by atoms with Gasteiger partial charge in [0.05, 0.1) is 11.4 Å². The number of aromatic nitrogens is 4. The van der Waals surface area contributed by atoms with Gasteiger partial charge in [0.15, 0.2) is 5.82 Å². The normalized spacial score (nSPS) is 12.3. The molecule has 0 aliphatic carbocycles. The number of hydrogen-bond acceptors (Lipinski definition) is 2. The topological polar surface area (TPSA) is 35.6 Å². The Kier molecular flexibility index (Phi) is 3.33. The highest BCUT2D eigenvalue weighted by Crippen LogP contribution is 2.34. The fraction of sp³-hybridized carbons (Fsp3) is 0.0526. The van der Waals surface area contributed by atoms with Gasteiger partial charge in [-0.05, 0) is 42.0 Å². The average Bonchev–Trinajstić information content (AvgIpc) is 3.20. The van der Waals surface area contributed by atoms with Gasteiger partial charge in [-0.25, -0.2) is 18.4 Å². The summed E-state index contributed by atoms with van der Waals surface area (Å²) in [6.07, 6.45) is 3.36. The molecule has 3 heterocycles. The van der Waals surface area contributed by atoms with Gasteiger partial charge in [0.25, 0.3) is 0 Å². The molecule has 0 N–H and O–H groups in total. The van der Waals surface area contributed by atoms with E-state index in [9.17, 15) is 8.78 Å². The van der Waals surface area contributed by atoms with Crippen molar-refractivity contribution in [2.45, 2.75) is 6.54 Å². The smallest absolute Gasteiger partial charge is 0.179 e. The molecular formula is C19H11BrF2N4. The summed E-state index contributed by atoms with van der Waals surface area (Å²) in [4.78, 5) is 4.39. The largest absolute Gasteiger partial charge is 0.340 e. The number of fused-ring (bicyclic) bond motifs is 5. The summed E-state index contributed by atoms with van der Waals surface area (Å²) in [5.74, 6) is -0.499. The van der Waals surface area contributed by atoms with Crippen LogP contribution in [-0.2, 0) is 6.54 Å². The molecule has 0 radical (unpaired) electrons. The molecule has 0 bridgehead atoms. The molecule has 1 aliphatic rings. The quantitative estimate of drug-likeness (QED) is 0.396. The maximum atomic E-state index is 14.2. The Bertz CT molecular complexity index is 1160. The Morgan fingerprint density at radius 1 is 1.04 bits per heavy atom. The first-order valence-electron chi connectivity index (χ1n) is 7.95. The lowest BCUT2D eigenvalue weighted by molar-refractivity contribution is 0.585. The van der Waals surface area contributed by atoms with Crippen molar-refractivity contribution in [1.29, 1.82) is 0 Å². The summed E-state index contributed by atoms with van der Waals surface area (Å²) in [6, 6.07) is 11.5. The molecule has 0 fully saturated rings. The van der Waals surface area contributed by atoms with E-state index in [4.69, 9.17) is 0 Å². The highest BCUT2D eigenvalue weighted by Gasteiger charge is 2.23. The molecule has 0 unspecified atom stereocenters. The van der Waals surface area contributed by atoms with Gasteiger partial charge in [0.2, 0.25) is 0 Å². The monoisotopic (exact) mass is 412 g/mol. The van der Waals surface area contributed by atoms with Crippen LogP contribution in [-0.4, -0.2) is 19.3 Å². The van der Waals surface area contributed by atoms with Crippen LogP contribution in [0.4, 0.5) is 8.78 Å². The predicted molar refractivity (Wildman–Crippen MR) is 96.9 cm³/mol. The van der Waals surface area contributed by atoms with Crippen LogP contribution in [0.5, 0.6) is 0 Å². The zero-order valence-corrected chi connectivity index (χ0v) is 14.9. The Balaban J connectivity index is 1.73. The molecule has 7 heteroatoms. The summed E-state index contributed by atoms with van der Waals surface area (Å²) in [5.41, 5.74) is 3.87. The molecule has 2 aromatic heterocycles. The van der Waals surface area contributed by atoms with Crippen molar-refractivity contribution in [2.75, 3.05) is 0 Å². The minimum atomic E-state index is -0.592. The Labute approximate surface area is 155 Å². The van der Waals surface area contributed by atoms with Crippen LogP contribution in [0, 0.1) is 11.6 Å². The zero-order valence-electron chi connectivity index (χ0n) is 13.3. The number of halogens is 3. The highest BCUT2D eigenvalue weighted by molar-refractivity contribution is 9.10. The van der Waals surface area contributed by atoms with E-state index < -0.39 is 11.6 Å². The lowest BCUT2D eigenvalue weighted by Gasteiger charge is -2.08. The number of benzene rings is 2. The molecular weight excluding hydrogens is 402 g/mol. The van der Waals surface area contributed by atoms with Gasteiger partial charge in [-0.2, -0.15) is 5.10 Å². The van der Waals surface area contributed by atoms with E-state index in [2.05, 4.69) is 26.0 Å². The van der Waals surface area contributed by atoms with Gasteiger partial charge in [0.1, 0.15) is 18.0 Å². The third-order valence-corrected chi connectivity index (χ3v) is 5.02. The summed E-state index contributed by atoms with van der Waals surface area (Å²) in [7, 11) is 0. The van der Waals surface area contributed by atoms with Crippen molar-refractivity contribution < 1.29 is 8.78 Å². The van der Waals surface area contributed by atoms with Gasteiger partial charge in [0, 0.05) is 34.4 Å². The van der Waals surface area contributed by atoms with Crippen molar-refractivity contribution >= 4 is 15.9 Å². The van der Waals surface area contributed by atoms with E-state index in [-0.39, 0.29) is 0 Å². The first-order chi connectivity index (χ1) is 12.6. The number of rotatable bonds is 1. The summed E-state index contributed by atoms with van der Waals surface area (Å²) in [6.45, 7) is 0.595. The highest BCUT2D eigenvalue weighted by atomic mass is 79.9. The van der Waals surface area contributed by atoms with Crippen LogP contribution in [0.25, 0.3) is 28.3 Å². The Morgan fingerprint density at radius 2 is 1.92 bits per heavy atom. The fourth-order valence-electron chi connectivity index (χ4n) is 3.36. The van der Waals surface area contributed by atoms with Crippen LogP contribution in [0.2, 0.25) is 0 Å². The molecule has 4 nitrogen and oxygen atoms in total. The van der Waals surface area contributed by atoms with E-state index >= 15 is 0 Å². The van der Waals surface area contributed by atoms with Gasteiger partial charge >= 0.3 is 0 Å². The minimum Gasteiger partial charge on any atom is -0.340 e. The maximum Gasteiger partial charge on any atom is 0.179 e. The average molecular weight is 413 g/mol. The third-order valence-electron chi connectivity index (χ3n) is 4.53. The molecule has 2 aromatic carbocycles. The molecule has 0 amide bonds. The SMILES string of the molecule is Fc1ccc(-c2cc3n(c2)Cc2cc(Br)ccc2-n2ncnc2-3)c(F)c1. The van der Waals surface area contributed by atoms with E-state index in [0.717, 1.165) is 27.5 Å². The first-order valence-corrected chi connectivity index (χ1v) is 8.74. The second-order valence-electron chi connectivity index (χ2n) is 6.13. The first kappa shape index (κ1) is 15.5. The van der Waals surface area contributed by atoms with E-state index in [1.807, 2.05) is 35.0 Å². The third kappa shape index (κ3) is 2.31. The maximum absolute atomic E-state index is 14.2. The summed E-state index contributed by atoms with van der Waals surface area (Å²) in [5, 5.41) is 4.35. The van der Waals surface area contributed by atoms with Crippen LogP contribution >= 0.6 is 15.9 Å². The molecule has 1 aliphatic heterocycles. The van der Waals surface area contributed by atoms with Gasteiger partial charge < -0.3 is 4.57 Å². The molecule has 0 saturated carbocycles. The van der Waals surface area contributed by atoms with Crippen molar-refractivity contribution in [2.24, 2.45) is 0 Å². The molecule has 0 atom stereocenters. The standard InChI is InChI=1S/C19H11BrF2N4/c20-13-1-4-17-12(5-13)9-25-8-11(15-3-2-14(21)7-16(15)22)6-18(25)19-23-10-24-26(17)19/h1-8,10H,9H2. The lowest BCUT2D eigenvalue weighted by Crippen LogP contribution is -2.01. The molecule has 128 valence electrons. The molecule has 0 spiro atoms. The van der Waals surface area contributed by atoms with E-state index in [1.165, 1.54) is 18.5 Å².